The largest absolute Gasteiger partial charge is 0.310 e. The number of hydrogen-bond acceptors (Lipinski definition) is 1. The van der Waals surface area contributed by atoms with E-state index in [1.807, 2.05) is 30.3 Å². The first-order chi connectivity index (χ1) is 18.1. The van der Waals surface area contributed by atoms with Crippen molar-refractivity contribution >= 4 is 11.6 Å². The van der Waals surface area contributed by atoms with Crippen molar-refractivity contribution in [3.63, 3.8) is 0 Å². The molecule has 2 saturated heterocycles. The van der Waals surface area contributed by atoms with Gasteiger partial charge in [0.05, 0.1) is 32.5 Å². The number of nitrogens with one attached hydrogen (secondary N) is 1. The minimum atomic E-state index is -0.737. The molecule has 4 radical (unpaired) electrons. The summed E-state index contributed by atoms with van der Waals surface area (Å²) in [6, 6.07) is 22.9. The first-order valence-electron chi connectivity index (χ1n) is 13.3. The van der Waals surface area contributed by atoms with E-state index in [2.05, 4.69) is 12.2 Å². The quantitative estimate of drug-likeness (QED) is 0.394. The van der Waals surface area contributed by atoms with Crippen molar-refractivity contribution in [2.75, 3.05) is 26.3 Å². The zero-order valence-electron chi connectivity index (χ0n) is 21.9. The standard InChI is InChI=1S/C32H35F2N3O/c1-31(25-10-14-27(33)15-11-25,26-12-16-28(34)17-13-26)18-7-21-36(2)22-19-32(20-23-36)30(38)35-24-37(32,3)29-8-5-4-6-9-29/h2-6,8-17H,7,18-24H2,1H3,(H,35,38)/q+2. The molecule has 2 heterocycles. The Bertz CT molecular complexity index is 1220. The van der Waals surface area contributed by atoms with Gasteiger partial charge in [-0.2, -0.15) is 0 Å². The number of nitrogens with zero attached hydrogens (tertiary/aromatic N) is 2. The highest BCUT2D eigenvalue weighted by atomic mass is 19.1. The Morgan fingerprint density at radius 3 is 1.92 bits per heavy atom. The zero-order chi connectivity index (χ0) is 27.0. The Morgan fingerprint density at radius 2 is 1.39 bits per heavy atom. The predicted octanol–water partition coefficient (Wildman–Crippen LogP) is 5.83. The molecule has 6 heteroatoms. The zero-order valence-corrected chi connectivity index (χ0v) is 21.9. The normalized spacial score (nSPS) is 27.4. The van der Waals surface area contributed by atoms with Crippen LogP contribution in [-0.2, 0) is 10.2 Å². The van der Waals surface area contributed by atoms with E-state index >= 15 is 0 Å². The molecule has 0 aliphatic carbocycles. The number of hydrogen-bond donors (Lipinski definition) is 1. The first kappa shape index (κ1) is 26.5. The SMILES string of the molecule is [CH][N+]1(CCCC(C)(c2ccc(F)cc2)c2ccc(F)cc2)CCC2(CC1)C(=O)NC[N+]2([CH])c1ccccc1. The lowest BCUT2D eigenvalue weighted by Crippen LogP contribution is -2.67. The Balaban J connectivity index is 1.31. The lowest BCUT2D eigenvalue weighted by atomic mass is 9.73. The lowest BCUT2D eigenvalue weighted by molar-refractivity contribution is -0.892. The van der Waals surface area contributed by atoms with Crippen LogP contribution in [0.3, 0.4) is 0 Å². The minimum Gasteiger partial charge on any atom is -0.310 e. The van der Waals surface area contributed by atoms with Crippen LogP contribution in [0, 0.1) is 25.7 Å². The summed E-state index contributed by atoms with van der Waals surface area (Å²) in [6.45, 7) is 4.48. The van der Waals surface area contributed by atoms with Gasteiger partial charge < -0.3 is 9.80 Å². The van der Waals surface area contributed by atoms with Gasteiger partial charge in [0.25, 0.3) is 5.91 Å². The maximum atomic E-state index is 13.7. The molecular weight excluding hydrogens is 480 g/mol. The molecule has 2 aliphatic rings. The van der Waals surface area contributed by atoms with Gasteiger partial charge in [-0.15, -0.1) is 0 Å². The summed E-state index contributed by atoms with van der Waals surface area (Å²) < 4.78 is 27.8. The second-order valence-corrected chi connectivity index (χ2v) is 11.2. The van der Waals surface area contributed by atoms with Crippen LogP contribution in [-0.4, -0.2) is 42.2 Å². The number of para-hydroxylation sites is 1. The van der Waals surface area contributed by atoms with Gasteiger partial charge in [0, 0.05) is 5.41 Å². The molecule has 3 aromatic rings. The van der Waals surface area contributed by atoms with Crippen molar-refractivity contribution in [2.45, 2.75) is 43.6 Å². The summed E-state index contributed by atoms with van der Waals surface area (Å²) in [7, 11) is 13.8. The number of carbonyl (C=O) groups is 1. The highest BCUT2D eigenvalue weighted by Gasteiger charge is 2.64. The third kappa shape index (κ3) is 4.54. The van der Waals surface area contributed by atoms with Crippen molar-refractivity contribution in [1.82, 2.24) is 9.80 Å². The highest BCUT2D eigenvalue weighted by Crippen LogP contribution is 2.44. The Labute approximate surface area is 225 Å². The number of carbonyl (C=O) groups excluding carboxylic acids is 1. The summed E-state index contributed by atoms with van der Waals surface area (Å²) >= 11 is 0. The van der Waals surface area contributed by atoms with E-state index in [0.29, 0.717) is 37.1 Å². The Morgan fingerprint density at radius 1 is 0.868 bits per heavy atom. The molecule has 0 bridgehead atoms. The number of rotatable bonds is 7. The van der Waals surface area contributed by atoms with Gasteiger partial charge >= 0.3 is 0 Å². The van der Waals surface area contributed by atoms with Crippen LogP contribution in [0.4, 0.5) is 14.5 Å². The van der Waals surface area contributed by atoms with Crippen LogP contribution in [0.1, 0.15) is 43.7 Å². The van der Waals surface area contributed by atoms with E-state index < -0.39 is 11.0 Å². The predicted molar refractivity (Wildman–Crippen MR) is 145 cm³/mol. The third-order valence-corrected chi connectivity index (χ3v) is 9.08. The molecule has 1 atom stereocenters. The minimum absolute atomic E-state index is 0.00435. The Kier molecular flexibility index (Phi) is 6.91. The molecule has 0 aromatic heterocycles. The number of halogens is 2. The topological polar surface area (TPSA) is 29.1 Å². The van der Waals surface area contributed by atoms with Gasteiger partial charge in [-0.1, -0.05) is 49.4 Å². The monoisotopic (exact) mass is 515 g/mol. The van der Waals surface area contributed by atoms with Gasteiger partial charge in [0.2, 0.25) is 14.1 Å². The molecule has 1 N–H and O–H groups in total. The average Bonchev–Trinajstić information content (AvgIpc) is 3.17. The number of piperidine rings is 1. The lowest BCUT2D eigenvalue weighted by Gasteiger charge is -2.48. The molecule has 0 saturated carbocycles. The van der Waals surface area contributed by atoms with E-state index in [1.165, 1.54) is 24.3 Å². The van der Waals surface area contributed by atoms with Gasteiger partial charge in [-0.3, -0.25) is 4.79 Å². The maximum Gasteiger partial charge on any atom is 0.286 e. The summed E-state index contributed by atoms with van der Waals surface area (Å²) in [6.07, 6.45) is 2.75. The van der Waals surface area contributed by atoms with E-state index in [1.54, 1.807) is 24.3 Å². The maximum absolute atomic E-state index is 13.7. The fourth-order valence-electron chi connectivity index (χ4n) is 6.47. The number of quaternary nitrogens is 2. The first-order valence-corrected chi connectivity index (χ1v) is 13.3. The van der Waals surface area contributed by atoms with E-state index in [0.717, 1.165) is 36.2 Å². The molecule has 2 aliphatic heterocycles. The van der Waals surface area contributed by atoms with Crippen LogP contribution in [0.25, 0.3) is 0 Å². The Hall–Kier alpha value is -3.09. The molecular formula is C32H35F2N3O+2. The van der Waals surface area contributed by atoms with Crippen LogP contribution in [0.2, 0.25) is 0 Å². The van der Waals surface area contributed by atoms with Gasteiger partial charge in [-0.25, -0.2) is 13.3 Å². The molecule has 196 valence electrons. The molecule has 5 rings (SSSR count). The van der Waals surface area contributed by atoms with Crippen molar-refractivity contribution < 1.29 is 18.1 Å². The molecule has 4 nitrogen and oxygen atoms in total. The smallest absolute Gasteiger partial charge is 0.286 e. The summed E-state index contributed by atoms with van der Waals surface area (Å²) in [5, 5.41) is 3.01. The third-order valence-electron chi connectivity index (χ3n) is 9.08. The second kappa shape index (κ2) is 9.90. The van der Waals surface area contributed by atoms with Crippen molar-refractivity contribution in [3.05, 3.63) is 116 Å². The molecule has 1 amide bonds. The molecule has 38 heavy (non-hydrogen) atoms. The summed E-state index contributed by atoms with van der Waals surface area (Å²) in [5.74, 6) is -0.579. The summed E-state index contributed by atoms with van der Waals surface area (Å²) in [4.78, 5) is 13.2. The summed E-state index contributed by atoms with van der Waals surface area (Å²) in [5.41, 5.74) is 1.70. The van der Waals surface area contributed by atoms with Crippen LogP contribution < -0.4 is 9.80 Å². The molecule has 1 unspecified atom stereocenters. The highest BCUT2D eigenvalue weighted by molar-refractivity contribution is 5.91. The van der Waals surface area contributed by atoms with E-state index in [-0.39, 0.29) is 22.0 Å². The van der Waals surface area contributed by atoms with Crippen LogP contribution in [0.5, 0.6) is 0 Å². The van der Waals surface area contributed by atoms with Crippen LogP contribution in [0.15, 0.2) is 78.9 Å². The second-order valence-electron chi connectivity index (χ2n) is 11.2. The van der Waals surface area contributed by atoms with Crippen molar-refractivity contribution in [3.8, 4) is 0 Å². The molecule has 1 spiro atoms. The molecule has 2 fully saturated rings. The van der Waals surface area contributed by atoms with Gasteiger partial charge in [-0.05, 0) is 60.4 Å². The number of benzene rings is 3. The number of amides is 1. The van der Waals surface area contributed by atoms with E-state index in [4.69, 9.17) is 14.1 Å². The molecule has 3 aromatic carbocycles. The van der Waals surface area contributed by atoms with Crippen molar-refractivity contribution in [1.29, 1.82) is 0 Å². The van der Waals surface area contributed by atoms with E-state index in [9.17, 15) is 13.6 Å². The fraction of sp³-hybridized carbons (Fsp3) is 0.344. The van der Waals surface area contributed by atoms with Crippen molar-refractivity contribution in [2.24, 2.45) is 0 Å². The number of likely N-dealkylation sites (tertiary alicyclic amines) is 1. The van der Waals surface area contributed by atoms with Gasteiger partial charge in [0.1, 0.15) is 17.3 Å². The van der Waals surface area contributed by atoms with Gasteiger partial charge in [0.15, 0.2) is 12.2 Å². The van der Waals surface area contributed by atoms with Crippen LogP contribution >= 0.6 is 0 Å². The fourth-order valence-corrected chi connectivity index (χ4v) is 6.47. The average molecular weight is 516 g/mol.